The topological polar surface area (TPSA) is 116 Å². The lowest BCUT2D eigenvalue weighted by molar-refractivity contribution is 0.0356. The highest BCUT2D eigenvalue weighted by Crippen LogP contribution is 2.26. The monoisotopic (exact) mass is 438 g/mol. The molecule has 2 aromatic rings. The molecule has 0 spiro atoms. The Labute approximate surface area is 180 Å². The number of aromatic carboxylic acids is 1. The number of aromatic nitrogens is 3. The van der Waals surface area contributed by atoms with E-state index in [0.717, 1.165) is 5.56 Å². The van der Waals surface area contributed by atoms with Crippen molar-refractivity contribution < 1.29 is 24.2 Å². The van der Waals surface area contributed by atoms with E-state index in [2.05, 4.69) is 15.3 Å². The van der Waals surface area contributed by atoms with Crippen molar-refractivity contribution in [1.29, 1.82) is 0 Å². The summed E-state index contributed by atoms with van der Waals surface area (Å²) in [5.74, 6) is -1.11. The number of ether oxygens (including phenoxy) is 2. The first-order valence-electron chi connectivity index (χ1n) is 9.26. The van der Waals surface area contributed by atoms with Gasteiger partial charge < -0.3 is 24.5 Å². The lowest BCUT2D eigenvalue weighted by atomic mass is 10.0. The second-order valence-corrected chi connectivity index (χ2v) is 8.68. The molecule has 1 unspecified atom stereocenters. The van der Waals surface area contributed by atoms with Crippen LogP contribution in [0.3, 0.4) is 0 Å². The molecule has 9 nitrogen and oxygen atoms in total. The van der Waals surface area contributed by atoms with E-state index in [1.54, 1.807) is 40.1 Å². The molecule has 164 valence electrons. The smallest absolute Gasteiger partial charge is 0.408 e. The van der Waals surface area contributed by atoms with E-state index in [9.17, 15) is 14.7 Å². The van der Waals surface area contributed by atoms with Crippen molar-refractivity contribution >= 4 is 23.7 Å². The minimum Gasteiger partial charge on any atom is -0.477 e. The van der Waals surface area contributed by atoms with E-state index in [1.165, 1.54) is 17.7 Å². The molecule has 0 saturated carbocycles. The standard InChI is InChI=1S/C20H27ClN4O5/c1-12-8-22-17(21)23-15(12)13-7-14(16(26)27)25(9-13)10-20(5,11-29-6)24-18(28)30-19(2,3)4/h7-9H,10-11H2,1-6H3,(H,24,28)(H,26,27). The van der Waals surface area contributed by atoms with Gasteiger partial charge in [-0.05, 0) is 57.8 Å². The summed E-state index contributed by atoms with van der Waals surface area (Å²) in [6, 6.07) is 1.51. The molecule has 1 amide bonds. The van der Waals surface area contributed by atoms with Gasteiger partial charge in [-0.1, -0.05) is 0 Å². The zero-order valence-electron chi connectivity index (χ0n) is 17.9. The minimum absolute atomic E-state index is 0.0347. The Kier molecular flexibility index (Phi) is 7.10. The van der Waals surface area contributed by atoms with Crippen LogP contribution in [0.25, 0.3) is 11.3 Å². The first-order chi connectivity index (χ1) is 13.8. The summed E-state index contributed by atoms with van der Waals surface area (Å²) in [6.07, 6.45) is 2.60. The van der Waals surface area contributed by atoms with E-state index in [-0.39, 0.29) is 24.1 Å². The number of amides is 1. The molecule has 0 aliphatic carbocycles. The first-order valence-corrected chi connectivity index (χ1v) is 9.64. The van der Waals surface area contributed by atoms with Crippen LogP contribution >= 0.6 is 11.6 Å². The molecule has 0 fully saturated rings. The van der Waals surface area contributed by atoms with Crippen molar-refractivity contribution in [3.63, 3.8) is 0 Å². The molecular formula is C20H27ClN4O5. The quantitative estimate of drug-likeness (QED) is 0.635. The number of hydrogen-bond acceptors (Lipinski definition) is 6. The molecule has 0 aliphatic heterocycles. The zero-order valence-corrected chi connectivity index (χ0v) is 18.7. The normalized spacial score (nSPS) is 13.6. The highest BCUT2D eigenvalue weighted by Gasteiger charge is 2.31. The highest BCUT2D eigenvalue weighted by atomic mass is 35.5. The molecule has 0 saturated heterocycles. The van der Waals surface area contributed by atoms with Gasteiger partial charge in [-0.25, -0.2) is 19.6 Å². The van der Waals surface area contributed by atoms with Crippen molar-refractivity contribution in [3.05, 3.63) is 35.0 Å². The lowest BCUT2D eigenvalue weighted by Gasteiger charge is -2.32. The summed E-state index contributed by atoms with van der Waals surface area (Å²) in [6.45, 7) is 9.10. The first kappa shape index (κ1) is 23.6. The predicted octanol–water partition coefficient (Wildman–Crippen LogP) is 3.53. The fourth-order valence-electron chi connectivity index (χ4n) is 3.03. The van der Waals surface area contributed by atoms with E-state index < -0.39 is 23.2 Å². The fraction of sp³-hybridized carbons (Fsp3) is 0.500. The number of alkyl carbamates (subject to hydrolysis) is 1. The number of nitrogens with one attached hydrogen (secondary N) is 1. The van der Waals surface area contributed by atoms with Gasteiger partial charge in [0.25, 0.3) is 0 Å². The number of methoxy groups -OCH3 is 1. The summed E-state index contributed by atoms with van der Waals surface area (Å²) < 4.78 is 12.1. The average Bonchev–Trinajstić information content (AvgIpc) is 2.98. The number of carbonyl (C=O) groups excluding carboxylic acids is 1. The molecule has 2 rings (SSSR count). The van der Waals surface area contributed by atoms with Crippen molar-refractivity contribution in [2.75, 3.05) is 13.7 Å². The maximum Gasteiger partial charge on any atom is 0.408 e. The third-order valence-corrected chi connectivity index (χ3v) is 4.30. The molecule has 0 aromatic carbocycles. The van der Waals surface area contributed by atoms with Crippen LogP contribution in [0.15, 0.2) is 18.5 Å². The molecule has 0 radical (unpaired) electrons. The maximum atomic E-state index is 12.3. The largest absolute Gasteiger partial charge is 0.477 e. The number of carboxylic acids is 1. The Morgan fingerprint density at radius 1 is 1.30 bits per heavy atom. The van der Waals surface area contributed by atoms with Gasteiger partial charge in [-0.2, -0.15) is 0 Å². The summed E-state index contributed by atoms with van der Waals surface area (Å²) in [5, 5.41) is 12.5. The van der Waals surface area contributed by atoms with Gasteiger partial charge in [-0.15, -0.1) is 0 Å². The number of rotatable bonds is 7. The van der Waals surface area contributed by atoms with E-state index in [4.69, 9.17) is 21.1 Å². The van der Waals surface area contributed by atoms with Crippen LogP contribution in [0.5, 0.6) is 0 Å². The summed E-state index contributed by atoms with van der Waals surface area (Å²) >= 11 is 5.91. The maximum absolute atomic E-state index is 12.3. The van der Waals surface area contributed by atoms with Gasteiger partial charge >= 0.3 is 12.1 Å². The number of nitrogens with zero attached hydrogens (tertiary/aromatic N) is 3. The molecule has 30 heavy (non-hydrogen) atoms. The number of aryl methyl sites for hydroxylation is 1. The Morgan fingerprint density at radius 3 is 2.53 bits per heavy atom. The van der Waals surface area contributed by atoms with Crippen molar-refractivity contribution in [1.82, 2.24) is 19.9 Å². The van der Waals surface area contributed by atoms with E-state index in [1.807, 2.05) is 6.92 Å². The van der Waals surface area contributed by atoms with Gasteiger partial charge in [0.15, 0.2) is 0 Å². The highest BCUT2D eigenvalue weighted by molar-refractivity contribution is 6.28. The number of halogens is 1. The number of carboxylic acid groups (broad SMARTS) is 1. The van der Waals surface area contributed by atoms with Gasteiger partial charge in [0.2, 0.25) is 5.28 Å². The number of carbonyl (C=O) groups is 2. The zero-order chi connectivity index (χ0) is 22.7. The van der Waals surface area contributed by atoms with Gasteiger partial charge in [0, 0.05) is 31.6 Å². The lowest BCUT2D eigenvalue weighted by Crippen LogP contribution is -2.53. The van der Waals surface area contributed by atoms with Crippen molar-refractivity contribution in [2.45, 2.75) is 52.3 Å². The van der Waals surface area contributed by atoms with Gasteiger partial charge in [-0.3, -0.25) is 0 Å². The number of hydrogen-bond donors (Lipinski definition) is 2. The van der Waals surface area contributed by atoms with Crippen LogP contribution in [0.2, 0.25) is 5.28 Å². The fourth-order valence-corrected chi connectivity index (χ4v) is 3.16. The molecule has 2 heterocycles. The molecule has 10 heteroatoms. The molecule has 0 bridgehead atoms. The SMILES string of the molecule is COCC(C)(Cn1cc(-c2nc(Cl)ncc2C)cc1C(=O)O)NC(=O)OC(C)(C)C. The molecule has 1 atom stereocenters. The van der Waals surface area contributed by atoms with Crippen LogP contribution in [0.4, 0.5) is 4.79 Å². The molecule has 2 N–H and O–H groups in total. The van der Waals surface area contributed by atoms with Crippen molar-refractivity contribution in [2.24, 2.45) is 0 Å². The second kappa shape index (κ2) is 9.01. The summed E-state index contributed by atoms with van der Waals surface area (Å²) in [4.78, 5) is 32.3. The molecule has 2 aromatic heterocycles. The second-order valence-electron chi connectivity index (χ2n) is 8.34. The molecular weight excluding hydrogens is 412 g/mol. The van der Waals surface area contributed by atoms with Crippen LogP contribution in [0, 0.1) is 6.92 Å². The van der Waals surface area contributed by atoms with Crippen LogP contribution < -0.4 is 5.32 Å². The predicted molar refractivity (Wildman–Crippen MR) is 112 cm³/mol. The van der Waals surface area contributed by atoms with Gasteiger partial charge in [0.1, 0.15) is 11.3 Å². The van der Waals surface area contributed by atoms with Crippen LogP contribution in [-0.2, 0) is 16.0 Å². The summed E-state index contributed by atoms with van der Waals surface area (Å²) in [5.41, 5.74) is 0.286. The molecule has 0 aliphatic rings. The Balaban J connectivity index is 2.40. The van der Waals surface area contributed by atoms with Crippen LogP contribution in [-0.4, -0.2) is 56.6 Å². The van der Waals surface area contributed by atoms with Gasteiger partial charge in [0.05, 0.1) is 17.8 Å². The third-order valence-electron chi connectivity index (χ3n) is 4.12. The van der Waals surface area contributed by atoms with E-state index in [0.29, 0.717) is 11.3 Å². The average molecular weight is 439 g/mol. The minimum atomic E-state index is -1.11. The summed E-state index contributed by atoms with van der Waals surface area (Å²) in [7, 11) is 1.50. The Bertz CT molecular complexity index is 938. The Morgan fingerprint density at radius 2 is 1.97 bits per heavy atom. The van der Waals surface area contributed by atoms with E-state index >= 15 is 0 Å². The van der Waals surface area contributed by atoms with Crippen molar-refractivity contribution in [3.8, 4) is 11.3 Å². The third kappa shape index (κ3) is 6.17. The van der Waals surface area contributed by atoms with Crippen LogP contribution in [0.1, 0.15) is 43.7 Å². The Hall–Kier alpha value is -2.65.